The molecule has 2 amide bonds. The molecular weight excluding hydrogens is 476 g/mol. The monoisotopic (exact) mass is 514 g/mol. The van der Waals surface area contributed by atoms with Crippen LogP contribution in [0.2, 0.25) is 0 Å². The predicted octanol–water partition coefficient (Wildman–Crippen LogP) is 5.02. The van der Waals surface area contributed by atoms with Gasteiger partial charge in [-0.1, -0.05) is 25.1 Å². The van der Waals surface area contributed by atoms with Crippen LogP contribution >= 0.6 is 0 Å². The fourth-order valence-corrected chi connectivity index (χ4v) is 6.23. The second kappa shape index (κ2) is 11.1. The van der Waals surface area contributed by atoms with Crippen molar-refractivity contribution in [3.05, 3.63) is 65.5 Å². The van der Waals surface area contributed by atoms with Gasteiger partial charge in [0.15, 0.2) is 0 Å². The summed E-state index contributed by atoms with van der Waals surface area (Å²) in [6, 6.07) is 9.74. The molecule has 1 unspecified atom stereocenters. The van der Waals surface area contributed by atoms with Crippen molar-refractivity contribution in [2.45, 2.75) is 59.0 Å². The first-order chi connectivity index (χ1) is 18.4. The third kappa shape index (κ3) is 5.23. The lowest BCUT2D eigenvalue weighted by atomic mass is 9.97. The Balaban J connectivity index is 1.62. The van der Waals surface area contributed by atoms with Crippen LogP contribution in [-0.4, -0.2) is 62.3 Å². The van der Waals surface area contributed by atoms with Gasteiger partial charge in [0.1, 0.15) is 0 Å². The molecule has 5 rings (SSSR count). The molecule has 2 aromatic heterocycles. The Hall–Kier alpha value is -3.52. The van der Waals surface area contributed by atoms with Crippen molar-refractivity contribution in [1.29, 1.82) is 0 Å². The van der Waals surface area contributed by atoms with Gasteiger partial charge in [-0.25, -0.2) is 4.98 Å². The van der Waals surface area contributed by atoms with E-state index >= 15 is 0 Å². The smallest absolute Gasteiger partial charge is 0.258 e. The molecule has 3 aromatic rings. The van der Waals surface area contributed by atoms with Gasteiger partial charge < -0.3 is 4.90 Å². The molecule has 0 bridgehead atoms. The van der Waals surface area contributed by atoms with Crippen molar-refractivity contribution in [1.82, 2.24) is 24.3 Å². The van der Waals surface area contributed by atoms with Crippen LogP contribution in [0.4, 0.5) is 5.95 Å². The number of para-hydroxylation sites is 1. The summed E-state index contributed by atoms with van der Waals surface area (Å²) in [5, 5.41) is 3.16. The summed E-state index contributed by atoms with van der Waals surface area (Å²) >= 11 is 0. The number of carbonyl (C=O) groups excluding carboxylic acids is 2. The minimum Gasteiger partial charge on any atom is -0.339 e. The summed E-state index contributed by atoms with van der Waals surface area (Å²) < 4.78 is 2.25. The zero-order valence-corrected chi connectivity index (χ0v) is 22.7. The Kier molecular flexibility index (Phi) is 7.61. The maximum Gasteiger partial charge on any atom is 0.258 e. The Labute approximate surface area is 224 Å². The quantitative estimate of drug-likeness (QED) is 0.467. The van der Waals surface area contributed by atoms with Gasteiger partial charge >= 0.3 is 0 Å². The number of amides is 2. The van der Waals surface area contributed by atoms with E-state index in [-0.39, 0.29) is 23.9 Å². The Bertz CT molecular complexity index is 1340. The SMILES string of the molecule is C=CC(=O)N1CCCC[C@@H](C(N2CCCC2)n2c(NC(=O)c3cc(C)nc(C)c3)nc3cccc(C)c32)C1. The Morgan fingerprint density at radius 1 is 1.03 bits per heavy atom. The highest BCUT2D eigenvalue weighted by molar-refractivity contribution is 6.04. The number of fused-ring (bicyclic) bond motifs is 1. The minimum atomic E-state index is -0.197. The van der Waals surface area contributed by atoms with E-state index in [0.717, 1.165) is 79.7 Å². The molecule has 1 aromatic carbocycles. The lowest BCUT2D eigenvalue weighted by Crippen LogP contribution is -2.42. The summed E-state index contributed by atoms with van der Waals surface area (Å²) in [7, 11) is 0. The first-order valence-electron chi connectivity index (χ1n) is 13.8. The second-order valence-electron chi connectivity index (χ2n) is 10.7. The molecule has 0 spiro atoms. The van der Waals surface area contributed by atoms with E-state index < -0.39 is 0 Å². The lowest BCUT2D eigenvalue weighted by molar-refractivity contribution is -0.126. The van der Waals surface area contributed by atoms with Crippen molar-refractivity contribution in [3.63, 3.8) is 0 Å². The van der Waals surface area contributed by atoms with E-state index in [1.807, 2.05) is 43.0 Å². The third-order valence-corrected chi connectivity index (χ3v) is 7.88. The minimum absolute atomic E-state index is 0.0132. The van der Waals surface area contributed by atoms with E-state index in [0.29, 0.717) is 18.1 Å². The molecule has 2 aliphatic rings. The summed E-state index contributed by atoms with van der Waals surface area (Å²) in [4.78, 5) is 40.1. The number of nitrogens with zero attached hydrogens (tertiary/aromatic N) is 5. The van der Waals surface area contributed by atoms with Gasteiger partial charge in [0.25, 0.3) is 5.91 Å². The van der Waals surface area contributed by atoms with Crippen molar-refractivity contribution in [3.8, 4) is 0 Å². The number of nitrogens with one attached hydrogen (secondary N) is 1. The predicted molar refractivity (Wildman–Crippen MR) is 150 cm³/mol. The van der Waals surface area contributed by atoms with Crippen LogP contribution in [-0.2, 0) is 4.79 Å². The number of hydrogen-bond donors (Lipinski definition) is 1. The highest BCUT2D eigenvalue weighted by Gasteiger charge is 2.36. The maximum atomic E-state index is 13.5. The van der Waals surface area contributed by atoms with Gasteiger partial charge in [-0.2, -0.15) is 0 Å². The number of pyridine rings is 1. The molecule has 8 nitrogen and oxygen atoms in total. The van der Waals surface area contributed by atoms with Gasteiger partial charge in [0.05, 0.1) is 17.2 Å². The molecule has 38 heavy (non-hydrogen) atoms. The number of likely N-dealkylation sites (tertiary alicyclic amines) is 2. The van der Waals surface area contributed by atoms with Crippen molar-refractivity contribution < 1.29 is 9.59 Å². The zero-order chi connectivity index (χ0) is 26.8. The number of carbonyl (C=O) groups is 2. The molecule has 4 heterocycles. The lowest BCUT2D eigenvalue weighted by Gasteiger charge is -2.38. The van der Waals surface area contributed by atoms with E-state index in [4.69, 9.17) is 4.98 Å². The standard InChI is InChI=1S/C30H38N6O2/c1-5-26(37)35-16-7-6-12-23(19-35)29(34-14-8-9-15-34)36-27-20(2)11-10-13-25(27)32-30(36)33-28(38)24-17-21(3)31-22(4)18-24/h5,10-11,13,17-18,23,29H,1,6-9,12,14-16,19H2,2-4H3,(H,32,33,38)/t23-,29?/m1/s1. The summed E-state index contributed by atoms with van der Waals surface area (Å²) in [5.74, 6) is 0.532. The number of anilines is 1. The van der Waals surface area contributed by atoms with Crippen LogP contribution in [0.15, 0.2) is 43.0 Å². The van der Waals surface area contributed by atoms with Crippen molar-refractivity contribution in [2.75, 3.05) is 31.5 Å². The van der Waals surface area contributed by atoms with Crippen LogP contribution in [0.1, 0.15) is 65.6 Å². The molecule has 0 saturated carbocycles. The zero-order valence-electron chi connectivity index (χ0n) is 22.7. The number of aromatic nitrogens is 3. The molecule has 0 aliphatic carbocycles. The van der Waals surface area contributed by atoms with Gasteiger partial charge in [-0.05, 0) is 76.3 Å². The second-order valence-corrected chi connectivity index (χ2v) is 10.7. The normalized spacial score (nSPS) is 19.3. The van der Waals surface area contributed by atoms with E-state index in [2.05, 4.69) is 39.3 Å². The van der Waals surface area contributed by atoms with E-state index in [1.54, 1.807) is 0 Å². The number of imidazole rings is 1. The van der Waals surface area contributed by atoms with Crippen molar-refractivity contribution >= 4 is 28.8 Å². The number of hydrogen-bond acceptors (Lipinski definition) is 5. The molecule has 2 fully saturated rings. The average molecular weight is 515 g/mol. The Morgan fingerprint density at radius 3 is 2.45 bits per heavy atom. The summed E-state index contributed by atoms with van der Waals surface area (Å²) in [5.41, 5.74) is 5.19. The number of benzene rings is 1. The van der Waals surface area contributed by atoms with E-state index in [1.165, 1.54) is 6.08 Å². The van der Waals surface area contributed by atoms with Crippen LogP contribution < -0.4 is 5.32 Å². The molecule has 2 aliphatic heterocycles. The first kappa shape index (κ1) is 26.1. The van der Waals surface area contributed by atoms with Crippen molar-refractivity contribution in [2.24, 2.45) is 5.92 Å². The summed E-state index contributed by atoms with van der Waals surface area (Å²) in [6.07, 6.45) is 6.72. The molecule has 1 N–H and O–H groups in total. The largest absolute Gasteiger partial charge is 0.339 e. The Morgan fingerprint density at radius 2 is 1.74 bits per heavy atom. The molecule has 8 heteroatoms. The fourth-order valence-electron chi connectivity index (χ4n) is 6.23. The number of rotatable bonds is 6. The third-order valence-electron chi connectivity index (χ3n) is 7.88. The molecule has 200 valence electrons. The fraction of sp³-hybridized carbons (Fsp3) is 0.467. The van der Waals surface area contributed by atoms with Crippen LogP contribution in [0, 0.1) is 26.7 Å². The van der Waals surface area contributed by atoms with E-state index in [9.17, 15) is 9.59 Å². The average Bonchev–Trinajstić information content (AvgIpc) is 3.47. The maximum absolute atomic E-state index is 13.5. The van der Waals surface area contributed by atoms with Crippen LogP contribution in [0.25, 0.3) is 11.0 Å². The molecule has 2 atom stereocenters. The van der Waals surface area contributed by atoms with Gasteiger partial charge in [-0.3, -0.25) is 29.4 Å². The molecular formula is C30H38N6O2. The van der Waals surface area contributed by atoms with Gasteiger partial charge in [-0.15, -0.1) is 0 Å². The molecule has 0 radical (unpaired) electrons. The van der Waals surface area contributed by atoms with Gasteiger partial charge in [0.2, 0.25) is 11.9 Å². The highest BCUT2D eigenvalue weighted by atomic mass is 16.2. The topological polar surface area (TPSA) is 83.4 Å². The molecule has 2 saturated heterocycles. The van der Waals surface area contributed by atoms with Gasteiger partial charge in [0, 0.05) is 49.0 Å². The van der Waals surface area contributed by atoms with Crippen LogP contribution in [0.5, 0.6) is 0 Å². The first-order valence-corrected chi connectivity index (χ1v) is 13.8. The van der Waals surface area contributed by atoms with Crippen LogP contribution in [0.3, 0.4) is 0 Å². The highest BCUT2D eigenvalue weighted by Crippen LogP contribution is 2.38. The number of aryl methyl sites for hydroxylation is 3. The summed E-state index contributed by atoms with van der Waals surface area (Å²) in [6.45, 7) is 13.0.